The maximum absolute atomic E-state index is 11.2. The summed E-state index contributed by atoms with van der Waals surface area (Å²) >= 11 is 0. The van der Waals surface area contributed by atoms with Crippen LogP contribution in [0.5, 0.6) is 0 Å². The molecule has 4 nitrogen and oxygen atoms in total. The summed E-state index contributed by atoms with van der Waals surface area (Å²) in [6, 6.07) is 8.33. The normalized spacial score (nSPS) is 16.9. The number of anilines is 1. The van der Waals surface area contributed by atoms with Gasteiger partial charge < -0.3 is 14.9 Å². The zero-order valence-corrected chi connectivity index (χ0v) is 13.1. The predicted molar refractivity (Wildman–Crippen MR) is 85.9 cm³/mol. The van der Waals surface area contributed by atoms with Crippen molar-refractivity contribution in [3.05, 3.63) is 29.8 Å². The minimum absolute atomic E-state index is 0.357. The van der Waals surface area contributed by atoms with E-state index in [-0.39, 0.29) is 5.92 Å². The topological polar surface area (TPSA) is 43.8 Å². The van der Waals surface area contributed by atoms with Gasteiger partial charge in [-0.15, -0.1) is 0 Å². The Kier molecular flexibility index (Phi) is 5.62. The molecule has 0 saturated carbocycles. The van der Waals surface area contributed by atoms with Crippen LogP contribution >= 0.6 is 0 Å². The Hall–Kier alpha value is -1.55. The summed E-state index contributed by atoms with van der Waals surface area (Å²) in [6.45, 7) is 8.67. The molecular weight excluding hydrogens is 264 g/mol. The van der Waals surface area contributed by atoms with Crippen LogP contribution in [0.3, 0.4) is 0 Å². The van der Waals surface area contributed by atoms with E-state index < -0.39 is 5.97 Å². The highest BCUT2D eigenvalue weighted by Gasteiger charge is 2.18. The summed E-state index contributed by atoms with van der Waals surface area (Å²) in [5.41, 5.74) is 2.34. The smallest absolute Gasteiger partial charge is 0.308 e. The van der Waals surface area contributed by atoms with Crippen molar-refractivity contribution in [3.63, 3.8) is 0 Å². The van der Waals surface area contributed by atoms with Crippen LogP contribution < -0.4 is 4.90 Å². The molecule has 1 N–H and O–H groups in total. The lowest BCUT2D eigenvalue weighted by atomic mass is 10.1. The van der Waals surface area contributed by atoms with Crippen LogP contribution in [0.2, 0.25) is 0 Å². The largest absolute Gasteiger partial charge is 0.481 e. The molecule has 2 rings (SSSR count). The van der Waals surface area contributed by atoms with Crippen LogP contribution in [-0.2, 0) is 4.79 Å². The van der Waals surface area contributed by atoms with Crippen LogP contribution in [0.4, 0.5) is 5.69 Å². The number of likely N-dealkylation sites (tertiary alicyclic amines) is 1. The molecule has 0 amide bonds. The van der Waals surface area contributed by atoms with Crippen LogP contribution in [0.25, 0.3) is 0 Å². The van der Waals surface area contributed by atoms with Gasteiger partial charge in [-0.1, -0.05) is 19.1 Å². The quantitative estimate of drug-likeness (QED) is 0.838. The van der Waals surface area contributed by atoms with Crippen molar-refractivity contribution in [1.82, 2.24) is 4.90 Å². The Morgan fingerprint density at radius 2 is 2.10 bits per heavy atom. The van der Waals surface area contributed by atoms with Crippen molar-refractivity contribution in [2.24, 2.45) is 5.92 Å². The van der Waals surface area contributed by atoms with Gasteiger partial charge in [0.2, 0.25) is 0 Å². The molecule has 1 atom stereocenters. The van der Waals surface area contributed by atoms with Gasteiger partial charge in [-0.05, 0) is 50.6 Å². The van der Waals surface area contributed by atoms with Gasteiger partial charge >= 0.3 is 5.97 Å². The highest BCUT2D eigenvalue weighted by atomic mass is 16.4. The van der Waals surface area contributed by atoms with Gasteiger partial charge in [0.25, 0.3) is 0 Å². The molecule has 1 aliphatic heterocycles. The van der Waals surface area contributed by atoms with Gasteiger partial charge in [0.15, 0.2) is 0 Å². The molecule has 0 aromatic heterocycles. The first-order valence-corrected chi connectivity index (χ1v) is 7.83. The maximum atomic E-state index is 11.2. The Bertz CT molecular complexity index is 470. The summed E-state index contributed by atoms with van der Waals surface area (Å²) in [5.74, 6) is -1.09. The van der Waals surface area contributed by atoms with E-state index in [1.54, 1.807) is 6.92 Å². The number of carboxylic acid groups (broad SMARTS) is 1. The van der Waals surface area contributed by atoms with Crippen molar-refractivity contribution in [2.45, 2.75) is 26.7 Å². The number of nitrogens with zero attached hydrogens (tertiary/aromatic N) is 2. The second-order valence-corrected chi connectivity index (χ2v) is 6.07. The zero-order chi connectivity index (χ0) is 15.2. The van der Waals surface area contributed by atoms with E-state index in [2.05, 4.69) is 34.9 Å². The minimum atomic E-state index is -0.728. The summed E-state index contributed by atoms with van der Waals surface area (Å²) in [6.07, 6.45) is 2.58. The molecule has 0 radical (unpaired) electrons. The monoisotopic (exact) mass is 290 g/mol. The van der Waals surface area contributed by atoms with E-state index in [0.717, 1.165) is 18.8 Å². The third-order valence-corrected chi connectivity index (χ3v) is 4.17. The summed E-state index contributed by atoms with van der Waals surface area (Å²) in [5, 5.41) is 9.18. The van der Waals surface area contributed by atoms with Crippen LogP contribution in [0, 0.1) is 12.8 Å². The second-order valence-electron chi connectivity index (χ2n) is 6.07. The van der Waals surface area contributed by atoms with Gasteiger partial charge in [0.05, 0.1) is 5.92 Å². The first-order valence-electron chi connectivity index (χ1n) is 7.83. The number of aryl methyl sites for hydroxylation is 1. The Labute approximate surface area is 127 Å². The van der Waals surface area contributed by atoms with Crippen LogP contribution in [0.15, 0.2) is 24.3 Å². The lowest BCUT2D eigenvalue weighted by Gasteiger charge is -2.29. The number of benzene rings is 1. The molecule has 4 heteroatoms. The summed E-state index contributed by atoms with van der Waals surface area (Å²) in [4.78, 5) is 15.8. The predicted octanol–water partition coefficient (Wildman–Crippen LogP) is 2.62. The maximum Gasteiger partial charge on any atom is 0.308 e. The molecule has 0 aliphatic carbocycles. The molecule has 21 heavy (non-hydrogen) atoms. The van der Waals surface area contributed by atoms with Crippen molar-refractivity contribution >= 4 is 11.7 Å². The first-order chi connectivity index (χ1) is 10.1. The highest BCUT2D eigenvalue weighted by molar-refractivity contribution is 5.70. The number of hydrogen-bond acceptors (Lipinski definition) is 3. The first kappa shape index (κ1) is 15.8. The lowest BCUT2D eigenvalue weighted by molar-refractivity contribution is -0.140. The molecule has 1 saturated heterocycles. The Balaban J connectivity index is 2.03. The highest BCUT2D eigenvalue weighted by Crippen LogP contribution is 2.18. The van der Waals surface area contributed by atoms with E-state index in [1.807, 2.05) is 6.07 Å². The molecular formula is C17H26N2O2. The number of aliphatic carboxylic acids is 1. The van der Waals surface area contributed by atoms with Gasteiger partial charge in [-0.3, -0.25) is 4.79 Å². The molecule has 1 aromatic carbocycles. The number of carboxylic acids is 1. The molecule has 116 valence electrons. The molecule has 1 fully saturated rings. The van der Waals surface area contributed by atoms with Gasteiger partial charge in [-0.25, -0.2) is 0 Å². The molecule has 0 bridgehead atoms. The summed E-state index contributed by atoms with van der Waals surface area (Å²) < 4.78 is 0. The fourth-order valence-corrected chi connectivity index (χ4v) is 2.83. The third-order valence-electron chi connectivity index (χ3n) is 4.17. The van der Waals surface area contributed by atoms with Crippen molar-refractivity contribution < 1.29 is 9.90 Å². The Morgan fingerprint density at radius 3 is 2.71 bits per heavy atom. The van der Waals surface area contributed by atoms with Crippen molar-refractivity contribution in [3.8, 4) is 0 Å². The van der Waals surface area contributed by atoms with E-state index in [1.165, 1.54) is 31.5 Å². The fraction of sp³-hybridized carbons (Fsp3) is 0.588. The van der Waals surface area contributed by atoms with Gasteiger partial charge in [-0.2, -0.15) is 0 Å². The number of carbonyl (C=O) groups is 1. The fourth-order valence-electron chi connectivity index (χ4n) is 2.83. The van der Waals surface area contributed by atoms with Crippen LogP contribution in [-0.4, -0.2) is 48.7 Å². The average molecular weight is 290 g/mol. The SMILES string of the molecule is Cc1cccc(N(CCN2CCCC2)CC(C)C(=O)O)c1. The van der Waals surface area contributed by atoms with Crippen LogP contribution in [0.1, 0.15) is 25.3 Å². The van der Waals surface area contributed by atoms with Gasteiger partial charge in [0, 0.05) is 25.3 Å². The summed E-state index contributed by atoms with van der Waals surface area (Å²) in [7, 11) is 0. The molecule has 1 unspecified atom stereocenters. The molecule has 1 aromatic rings. The van der Waals surface area contributed by atoms with E-state index in [4.69, 9.17) is 0 Å². The number of hydrogen-bond donors (Lipinski definition) is 1. The third kappa shape index (κ3) is 4.74. The minimum Gasteiger partial charge on any atom is -0.481 e. The molecule has 1 heterocycles. The standard InChI is InChI=1S/C17H26N2O2/c1-14-6-5-7-16(12-14)19(13-15(2)17(20)21)11-10-18-8-3-4-9-18/h5-7,12,15H,3-4,8-11,13H2,1-2H3,(H,20,21). The van der Waals surface area contributed by atoms with E-state index in [0.29, 0.717) is 6.54 Å². The second kappa shape index (κ2) is 7.46. The number of rotatable bonds is 7. The van der Waals surface area contributed by atoms with Crippen molar-refractivity contribution in [2.75, 3.05) is 37.6 Å². The molecule has 0 spiro atoms. The van der Waals surface area contributed by atoms with Gasteiger partial charge in [0.1, 0.15) is 0 Å². The molecule has 1 aliphatic rings. The Morgan fingerprint density at radius 1 is 1.38 bits per heavy atom. The van der Waals surface area contributed by atoms with Crippen molar-refractivity contribution in [1.29, 1.82) is 0 Å². The van der Waals surface area contributed by atoms with E-state index >= 15 is 0 Å². The van der Waals surface area contributed by atoms with E-state index in [9.17, 15) is 9.90 Å². The lowest BCUT2D eigenvalue weighted by Crippen LogP contribution is -2.38. The average Bonchev–Trinajstić information content (AvgIpc) is 2.96. The zero-order valence-electron chi connectivity index (χ0n) is 13.1.